The molecule has 0 amide bonds. The summed E-state index contributed by atoms with van der Waals surface area (Å²) in [5.74, 6) is 0. The van der Waals surface area contributed by atoms with Crippen LogP contribution < -0.4 is 0 Å². The van der Waals surface area contributed by atoms with Gasteiger partial charge in [0.25, 0.3) is 0 Å². The van der Waals surface area contributed by atoms with E-state index in [2.05, 4.69) is 67.9 Å². The zero-order chi connectivity index (χ0) is 11.9. The summed E-state index contributed by atoms with van der Waals surface area (Å²) in [6, 6.07) is 11.8. The molecule has 0 atom stereocenters. The lowest BCUT2D eigenvalue weighted by Gasteiger charge is -2.10. The summed E-state index contributed by atoms with van der Waals surface area (Å²) in [6.07, 6.45) is 6.57. The van der Waals surface area contributed by atoms with Gasteiger partial charge in [-0.2, -0.15) is 0 Å². The van der Waals surface area contributed by atoms with Crippen LogP contribution in [0, 0.1) is 0 Å². The zero-order valence-corrected chi connectivity index (χ0v) is 11.7. The Morgan fingerprint density at radius 1 is 1.06 bits per heavy atom. The summed E-state index contributed by atoms with van der Waals surface area (Å²) in [7, 11) is -0.919. The number of aryl methyl sites for hydroxylation is 1. The quantitative estimate of drug-likeness (QED) is 0.509. The van der Waals surface area contributed by atoms with E-state index in [4.69, 9.17) is 0 Å². The zero-order valence-electron chi connectivity index (χ0n) is 10.7. The molecule has 0 aliphatic heterocycles. The summed E-state index contributed by atoms with van der Waals surface area (Å²) in [5, 5.41) is 0. The van der Waals surface area contributed by atoms with Gasteiger partial charge in [0.2, 0.25) is 0 Å². The first-order chi connectivity index (χ1) is 7.58. The van der Waals surface area contributed by atoms with Gasteiger partial charge >= 0.3 is 0 Å². The Morgan fingerprint density at radius 2 is 1.75 bits per heavy atom. The van der Waals surface area contributed by atoms with E-state index in [1.807, 2.05) is 0 Å². The SMILES string of the molecule is C[Si](C)(C)CC=C=CCCc1ccccc1. The molecule has 1 aromatic carbocycles. The second-order valence-corrected chi connectivity index (χ2v) is 10.9. The highest BCUT2D eigenvalue weighted by atomic mass is 28.3. The van der Waals surface area contributed by atoms with Crippen molar-refractivity contribution in [1.82, 2.24) is 0 Å². The van der Waals surface area contributed by atoms with E-state index < -0.39 is 8.07 Å². The Morgan fingerprint density at radius 3 is 2.38 bits per heavy atom. The molecule has 0 bridgehead atoms. The van der Waals surface area contributed by atoms with Crippen molar-refractivity contribution in [3.8, 4) is 0 Å². The first-order valence-electron chi connectivity index (χ1n) is 6.01. The van der Waals surface area contributed by atoms with Crippen LogP contribution in [0.2, 0.25) is 25.7 Å². The predicted octanol–water partition coefficient (Wildman–Crippen LogP) is 4.67. The van der Waals surface area contributed by atoms with Crippen molar-refractivity contribution in [2.75, 3.05) is 0 Å². The van der Waals surface area contributed by atoms with Crippen molar-refractivity contribution >= 4 is 8.07 Å². The molecule has 0 saturated carbocycles. The molecule has 86 valence electrons. The van der Waals surface area contributed by atoms with Crippen molar-refractivity contribution < 1.29 is 0 Å². The van der Waals surface area contributed by atoms with Gasteiger partial charge in [-0.1, -0.05) is 50.0 Å². The number of hydrogen-bond acceptors (Lipinski definition) is 0. The van der Waals surface area contributed by atoms with Gasteiger partial charge in [0.15, 0.2) is 0 Å². The minimum atomic E-state index is -0.919. The average molecular weight is 230 g/mol. The normalized spacial score (nSPS) is 10.7. The van der Waals surface area contributed by atoms with Crippen LogP contribution >= 0.6 is 0 Å². The fraction of sp³-hybridized carbons (Fsp3) is 0.400. The molecule has 0 unspecified atom stereocenters. The Labute approximate surface area is 101 Å². The Kier molecular flexibility index (Phi) is 5.31. The van der Waals surface area contributed by atoms with Gasteiger partial charge in [-0.05, 0) is 36.6 Å². The Balaban J connectivity index is 2.28. The monoisotopic (exact) mass is 230 g/mol. The molecule has 0 radical (unpaired) electrons. The summed E-state index contributed by atoms with van der Waals surface area (Å²) in [6.45, 7) is 7.15. The number of benzene rings is 1. The van der Waals surface area contributed by atoms with Gasteiger partial charge in [-0.25, -0.2) is 0 Å². The number of allylic oxidation sites excluding steroid dienone is 1. The lowest BCUT2D eigenvalue weighted by molar-refractivity contribution is 1.00. The van der Waals surface area contributed by atoms with E-state index in [0.717, 1.165) is 12.8 Å². The lowest BCUT2D eigenvalue weighted by Crippen LogP contribution is -2.17. The molecule has 0 heterocycles. The molecule has 0 nitrogen and oxygen atoms in total. The largest absolute Gasteiger partial charge is 0.130 e. The fourth-order valence-electron chi connectivity index (χ4n) is 1.42. The molecule has 0 aliphatic rings. The van der Waals surface area contributed by atoms with Crippen molar-refractivity contribution in [3.63, 3.8) is 0 Å². The van der Waals surface area contributed by atoms with E-state index >= 15 is 0 Å². The van der Waals surface area contributed by atoms with Crippen LogP contribution in [0.15, 0.2) is 48.2 Å². The molecule has 1 heteroatoms. The molecule has 0 saturated heterocycles. The van der Waals surface area contributed by atoms with E-state index in [1.165, 1.54) is 11.6 Å². The molecule has 1 rings (SSSR count). The van der Waals surface area contributed by atoms with Gasteiger partial charge in [0.1, 0.15) is 0 Å². The van der Waals surface area contributed by atoms with Crippen molar-refractivity contribution in [1.29, 1.82) is 0 Å². The topological polar surface area (TPSA) is 0 Å². The summed E-state index contributed by atoms with van der Waals surface area (Å²) < 4.78 is 0. The standard InChI is InChI=1S/C15H22Si/c1-16(2,3)14-10-5-4-7-11-15-12-8-6-9-13-15/h4,6,8-10,12-13H,7,11,14H2,1-3H3. The summed E-state index contributed by atoms with van der Waals surface area (Å²) in [4.78, 5) is 0. The smallest absolute Gasteiger partial charge is 0.0487 e. The summed E-state index contributed by atoms with van der Waals surface area (Å²) in [5.41, 5.74) is 4.70. The van der Waals surface area contributed by atoms with E-state index in [-0.39, 0.29) is 0 Å². The fourth-order valence-corrected chi connectivity index (χ4v) is 2.15. The predicted molar refractivity (Wildman–Crippen MR) is 75.6 cm³/mol. The van der Waals surface area contributed by atoms with Crippen LogP contribution in [0.25, 0.3) is 0 Å². The van der Waals surface area contributed by atoms with Crippen molar-refractivity contribution in [2.24, 2.45) is 0 Å². The van der Waals surface area contributed by atoms with E-state index in [1.54, 1.807) is 0 Å². The van der Waals surface area contributed by atoms with Gasteiger partial charge in [0.05, 0.1) is 0 Å². The Bertz CT molecular complexity index is 351. The van der Waals surface area contributed by atoms with Crippen LogP contribution in [0.1, 0.15) is 12.0 Å². The van der Waals surface area contributed by atoms with E-state index in [0.29, 0.717) is 0 Å². The minimum absolute atomic E-state index is 0.919. The summed E-state index contributed by atoms with van der Waals surface area (Å²) >= 11 is 0. The van der Waals surface area contributed by atoms with Gasteiger partial charge in [-0.15, -0.1) is 5.73 Å². The second-order valence-electron chi connectivity index (χ2n) is 5.36. The first-order valence-corrected chi connectivity index (χ1v) is 9.72. The number of rotatable bonds is 5. The molecule has 16 heavy (non-hydrogen) atoms. The molecule has 0 fully saturated rings. The van der Waals surface area contributed by atoms with E-state index in [9.17, 15) is 0 Å². The van der Waals surface area contributed by atoms with Crippen LogP contribution in [0.5, 0.6) is 0 Å². The van der Waals surface area contributed by atoms with Crippen LogP contribution in [-0.2, 0) is 6.42 Å². The van der Waals surface area contributed by atoms with Gasteiger partial charge in [-0.3, -0.25) is 0 Å². The second kappa shape index (κ2) is 6.52. The Hall–Kier alpha value is -1.04. The minimum Gasteiger partial charge on any atom is -0.130 e. The van der Waals surface area contributed by atoms with Crippen molar-refractivity contribution in [3.05, 3.63) is 53.8 Å². The number of hydrogen-bond donors (Lipinski definition) is 0. The van der Waals surface area contributed by atoms with Crippen LogP contribution in [-0.4, -0.2) is 8.07 Å². The van der Waals surface area contributed by atoms with Crippen LogP contribution in [0.4, 0.5) is 0 Å². The maximum absolute atomic E-state index is 3.30. The molecular weight excluding hydrogens is 208 g/mol. The highest BCUT2D eigenvalue weighted by Crippen LogP contribution is 2.08. The molecule has 0 aromatic heterocycles. The van der Waals surface area contributed by atoms with Crippen molar-refractivity contribution in [2.45, 2.75) is 38.5 Å². The molecule has 0 aliphatic carbocycles. The molecule has 1 aromatic rings. The maximum Gasteiger partial charge on any atom is 0.0487 e. The third-order valence-electron chi connectivity index (χ3n) is 2.37. The van der Waals surface area contributed by atoms with Crippen LogP contribution in [0.3, 0.4) is 0 Å². The van der Waals surface area contributed by atoms with Gasteiger partial charge < -0.3 is 0 Å². The molecule has 0 spiro atoms. The molecule has 0 N–H and O–H groups in total. The third kappa shape index (κ3) is 6.44. The maximum atomic E-state index is 3.30. The first kappa shape index (κ1) is 13.0. The lowest BCUT2D eigenvalue weighted by atomic mass is 10.1. The third-order valence-corrected chi connectivity index (χ3v) is 3.80. The average Bonchev–Trinajstić information content (AvgIpc) is 2.23. The highest BCUT2D eigenvalue weighted by Gasteiger charge is 2.08. The van der Waals surface area contributed by atoms with Gasteiger partial charge in [0, 0.05) is 8.07 Å². The molecular formula is C15H22Si. The highest BCUT2D eigenvalue weighted by molar-refractivity contribution is 6.76.